The Kier molecular flexibility index (Phi) is 4.39. The normalized spacial score (nSPS) is 11.6. The third kappa shape index (κ3) is 2.92. The Morgan fingerprint density at radius 3 is 2.26 bits per heavy atom. The van der Waals surface area contributed by atoms with Gasteiger partial charge in [-0.15, -0.1) is 0 Å². The Bertz CT molecular complexity index is 1530. The molecular weight excluding hydrogens is 390 g/mol. The lowest BCUT2D eigenvalue weighted by atomic mass is 10.1. The molecular formula is C24H23N5O2. The van der Waals surface area contributed by atoms with Gasteiger partial charge in [-0.3, -0.25) is 18.3 Å². The molecule has 0 aliphatic rings. The number of nitrogens with zero attached hydrogens (tertiary/aromatic N) is 5. The quantitative estimate of drug-likeness (QED) is 0.455. The first-order valence-corrected chi connectivity index (χ1v) is 10.3. The van der Waals surface area contributed by atoms with E-state index in [0.29, 0.717) is 23.5 Å². The smallest absolute Gasteiger partial charge is 0.305 e. The van der Waals surface area contributed by atoms with Gasteiger partial charge in [0.05, 0.1) is 12.2 Å². The van der Waals surface area contributed by atoms with Gasteiger partial charge in [0.1, 0.15) is 0 Å². The van der Waals surface area contributed by atoms with Gasteiger partial charge in [-0.05, 0) is 23.1 Å². The van der Waals surface area contributed by atoms with Crippen molar-refractivity contribution in [2.24, 2.45) is 14.1 Å². The van der Waals surface area contributed by atoms with Crippen LogP contribution in [0.25, 0.3) is 28.2 Å². The van der Waals surface area contributed by atoms with Gasteiger partial charge < -0.3 is 4.57 Å². The van der Waals surface area contributed by atoms with Gasteiger partial charge in [0.2, 0.25) is 5.78 Å². The van der Waals surface area contributed by atoms with Gasteiger partial charge in [-0.1, -0.05) is 61.5 Å². The van der Waals surface area contributed by atoms with Gasteiger partial charge in [0.15, 0.2) is 11.2 Å². The minimum Gasteiger partial charge on any atom is -0.305 e. The van der Waals surface area contributed by atoms with Crippen LogP contribution in [0.15, 0.2) is 70.4 Å². The van der Waals surface area contributed by atoms with E-state index in [9.17, 15) is 9.59 Å². The van der Waals surface area contributed by atoms with Crippen LogP contribution in [0, 0.1) is 0 Å². The Morgan fingerprint density at radius 2 is 1.58 bits per heavy atom. The summed E-state index contributed by atoms with van der Waals surface area (Å²) in [6.45, 7) is 2.73. The van der Waals surface area contributed by atoms with E-state index < -0.39 is 0 Å². The molecule has 156 valence electrons. The number of rotatable bonds is 4. The highest BCUT2D eigenvalue weighted by molar-refractivity contribution is 5.78. The molecule has 3 heterocycles. The van der Waals surface area contributed by atoms with Crippen molar-refractivity contribution in [2.75, 3.05) is 0 Å². The molecule has 7 nitrogen and oxygen atoms in total. The number of imidazole rings is 2. The fourth-order valence-electron chi connectivity index (χ4n) is 4.08. The highest BCUT2D eigenvalue weighted by Gasteiger charge is 2.21. The van der Waals surface area contributed by atoms with E-state index in [4.69, 9.17) is 4.98 Å². The predicted molar refractivity (Wildman–Crippen MR) is 122 cm³/mol. The molecule has 0 radical (unpaired) electrons. The minimum absolute atomic E-state index is 0.352. The molecule has 0 N–H and O–H groups in total. The largest absolute Gasteiger partial charge is 0.332 e. The molecule has 0 saturated carbocycles. The number of aryl methyl sites for hydroxylation is 2. The number of hydrogen-bond acceptors (Lipinski definition) is 3. The van der Waals surface area contributed by atoms with Crippen LogP contribution in [0.5, 0.6) is 0 Å². The van der Waals surface area contributed by atoms with Crippen LogP contribution >= 0.6 is 0 Å². The van der Waals surface area contributed by atoms with Crippen molar-refractivity contribution in [1.82, 2.24) is 23.1 Å². The van der Waals surface area contributed by atoms with Gasteiger partial charge in [-0.2, -0.15) is 4.98 Å². The molecule has 0 aliphatic heterocycles. The van der Waals surface area contributed by atoms with Gasteiger partial charge in [-0.25, -0.2) is 4.79 Å². The van der Waals surface area contributed by atoms with Gasteiger partial charge in [0.25, 0.3) is 5.56 Å². The van der Waals surface area contributed by atoms with E-state index in [1.807, 2.05) is 28.8 Å². The summed E-state index contributed by atoms with van der Waals surface area (Å²) in [6.07, 6.45) is 2.92. The predicted octanol–water partition coefficient (Wildman–Crippen LogP) is 2.96. The van der Waals surface area contributed by atoms with Crippen LogP contribution in [-0.4, -0.2) is 23.1 Å². The second-order valence-electron chi connectivity index (χ2n) is 7.80. The molecule has 0 saturated heterocycles. The van der Waals surface area contributed by atoms with E-state index in [2.05, 4.69) is 47.9 Å². The summed E-state index contributed by atoms with van der Waals surface area (Å²) < 4.78 is 6.45. The molecule has 2 aromatic carbocycles. The van der Waals surface area contributed by atoms with Gasteiger partial charge in [0, 0.05) is 20.3 Å². The maximum atomic E-state index is 13.0. The maximum Gasteiger partial charge on any atom is 0.332 e. The van der Waals surface area contributed by atoms with Crippen LogP contribution in [0.4, 0.5) is 0 Å². The van der Waals surface area contributed by atoms with Crippen LogP contribution in [0.3, 0.4) is 0 Å². The molecule has 0 unspecified atom stereocenters. The van der Waals surface area contributed by atoms with Crippen molar-refractivity contribution < 1.29 is 0 Å². The van der Waals surface area contributed by atoms with E-state index in [-0.39, 0.29) is 11.2 Å². The molecule has 5 rings (SSSR count). The lowest BCUT2D eigenvalue weighted by Gasteiger charge is -2.10. The van der Waals surface area contributed by atoms with E-state index in [1.165, 1.54) is 17.2 Å². The second kappa shape index (κ2) is 7.12. The van der Waals surface area contributed by atoms with E-state index in [1.54, 1.807) is 7.05 Å². The lowest BCUT2D eigenvalue weighted by molar-refractivity contribution is 0.707. The van der Waals surface area contributed by atoms with Crippen LogP contribution in [0.2, 0.25) is 0 Å². The second-order valence-corrected chi connectivity index (χ2v) is 7.80. The van der Waals surface area contributed by atoms with Crippen LogP contribution < -0.4 is 11.2 Å². The molecule has 0 aliphatic carbocycles. The Balaban J connectivity index is 1.84. The average molecular weight is 413 g/mol. The van der Waals surface area contributed by atoms with Crippen molar-refractivity contribution in [2.45, 2.75) is 19.9 Å². The molecule has 0 fully saturated rings. The molecule has 0 atom stereocenters. The highest BCUT2D eigenvalue weighted by Crippen LogP contribution is 2.27. The van der Waals surface area contributed by atoms with E-state index >= 15 is 0 Å². The summed E-state index contributed by atoms with van der Waals surface area (Å²) in [4.78, 5) is 30.1. The SMILES string of the molecule is CCc1ccc(-c2cn3c4c(=O)n(C)c(=O)n(C)c4nc3n2Cc2ccccc2)cc1. The summed E-state index contributed by atoms with van der Waals surface area (Å²) in [5, 5.41) is 0. The zero-order chi connectivity index (χ0) is 21.7. The van der Waals surface area contributed by atoms with Crippen LogP contribution in [-0.2, 0) is 27.1 Å². The van der Waals surface area contributed by atoms with Gasteiger partial charge >= 0.3 is 5.69 Å². The number of benzene rings is 2. The average Bonchev–Trinajstić information content (AvgIpc) is 3.34. The lowest BCUT2D eigenvalue weighted by Crippen LogP contribution is -2.37. The zero-order valence-corrected chi connectivity index (χ0v) is 17.7. The first-order chi connectivity index (χ1) is 15.0. The maximum absolute atomic E-state index is 13.0. The third-order valence-corrected chi connectivity index (χ3v) is 5.90. The first-order valence-electron chi connectivity index (χ1n) is 10.3. The summed E-state index contributed by atoms with van der Waals surface area (Å²) >= 11 is 0. The van der Waals surface area contributed by atoms with Crippen LogP contribution in [0.1, 0.15) is 18.1 Å². The first kappa shape index (κ1) is 19.1. The molecule has 7 heteroatoms. The molecule has 3 aromatic heterocycles. The fourth-order valence-corrected chi connectivity index (χ4v) is 4.08. The molecule has 0 spiro atoms. The van der Waals surface area contributed by atoms with Crippen molar-refractivity contribution >= 4 is 16.9 Å². The zero-order valence-electron chi connectivity index (χ0n) is 17.7. The Labute approximate surface area is 178 Å². The fraction of sp³-hybridized carbons (Fsp3) is 0.208. The minimum atomic E-state index is -0.386. The molecule has 0 amide bonds. The number of aromatic nitrogens is 5. The van der Waals surface area contributed by atoms with Crippen molar-refractivity contribution in [1.29, 1.82) is 0 Å². The third-order valence-electron chi connectivity index (χ3n) is 5.90. The highest BCUT2D eigenvalue weighted by atomic mass is 16.2. The Morgan fingerprint density at radius 1 is 0.871 bits per heavy atom. The van der Waals surface area contributed by atoms with Crippen molar-refractivity contribution in [3.05, 3.63) is 92.8 Å². The molecule has 31 heavy (non-hydrogen) atoms. The number of fused-ring (bicyclic) bond motifs is 3. The van der Waals surface area contributed by atoms with Crippen molar-refractivity contribution in [3.8, 4) is 11.3 Å². The summed E-state index contributed by atoms with van der Waals surface area (Å²) in [7, 11) is 3.14. The topological polar surface area (TPSA) is 66.2 Å². The standard InChI is InChI=1S/C24H23N5O2/c1-4-16-10-12-18(13-11-16)19-15-29-20-21(26(2)24(31)27(3)22(20)30)25-23(29)28(19)14-17-8-6-5-7-9-17/h5-13,15H,4,14H2,1-3H3. The monoisotopic (exact) mass is 413 g/mol. The van der Waals surface area contributed by atoms with Crippen molar-refractivity contribution in [3.63, 3.8) is 0 Å². The summed E-state index contributed by atoms with van der Waals surface area (Å²) in [5.41, 5.74) is 4.46. The summed E-state index contributed by atoms with van der Waals surface area (Å²) in [5.74, 6) is 0.631. The molecule has 5 aromatic rings. The molecule has 0 bridgehead atoms. The summed E-state index contributed by atoms with van der Waals surface area (Å²) in [6, 6.07) is 18.6. The van der Waals surface area contributed by atoms with E-state index in [0.717, 1.165) is 27.8 Å². The Hall–Kier alpha value is -3.87. The number of hydrogen-bond donors (Lipinski definition) is 0.